The fourth-order valence-corrected chi connectivity index (χ4v) is 3.48. The molecule has 0 aliphatic carbocycles. The van der Waals surface area contributed by atoms with Gasteiger partial charge in [0.25, 0.3) is 0 Å². The van der Waals surface area contributed by atoms with E-state index in [9.17, 15) is 14.7 Å². The minimum absolute atomic E-state index is 0.00476. The molecular weight excluding hydrogens is 334 g/mol. The molecule has 2 heterocycles. The summed E-state index contributed by atoms with van der Waals surface area (Å²) in [6.07, 6.45) is 5.47. The molecule has 0 unspecified atom stereocenters. The van der Waals surface area contributed by atoms with Crippen LogP contribution in [0.1, 0.15) is 29.9 Å². The number of nitrogens with one attached hydrogen (secondary N) is 1. The number of carbonyl (C=O) groups excluding carboxylic acids is 1. The molecule has 1 aromatic carbocycles. The summed E-state index contributed by atoms with van der Waals surface area (Å²) in [4.78, 5) is 25.9. The van der Waals surface area contributed by atoms with Gasteiger partial charge in [0.15, 0.2) is 0 Å². The van der Waals surface area contributed by atoms with Gasteiger partial charge in [0.1, 0.15) is 5.75 Å². The zero-order valence-corrected chi connectivity index (χ0v) is 14.7. The summed E-state index contributed by atoms with van der Waals surface area (Å²) in [6.45, 7) is 0.677. The number of likely N-dealkylation sites (tertiary alicyclic amines) is 1. The van der Waals surface area contributed by atoms with E-state index in [4.69, 9.17) is 4.74 Å². The van der Waals surface area contributed by atoms with Crippen molar-refractivity contribution < 1.29 is 19.4 Å². The Morgan fingerprint density at radius 2 is 2.23 bits per heavy atom. The third-order valence-corrected chi connectivity index (χ3v) is 4.92. The molecule has 0 bridgehead atoms. The number of carboxylic acids is 1. The van der Waals surface area contributed by atoms with Crippen LogP contribution in [0, 0.1) is 5.92 Å². The van der Waals surface area contributed by atoms with Crippen LogP contribution in [0.5, 0.6) is 5.75 Å². The fraction of sp³-hybridized carbons (Fsp3) is 0.421. The highest BCUT2D eigenvalue weighted by molar-refractivity contribution is 5.79. The monoisotopic (exact) mass is 357 g/mol. The van der Waals surface area contributed by atoms with Gasteiger partial charge in [-0.25, -0.2) is 0 Å². The van der Waals surface area contributed by atoms with Gasteiger partial charge in [-0.3, -0.25) is 14.7 Å². The Labute approximate surface area is 152 Å². The molecule has 2 aromatic rings. The number of rotatable bonds is 7. The van der Waals surface area contributed by atoms with Crippen LogP contribution in [-0.2, 0) is 16.0 Å². The molecule has 1 aliphatic heterocycles. The van der Waals surface area contributed by atoms with Crippen molar-refractivity contribution in [2.75, 3.05) is 20.2 Å². The van der Waals surface area contributed by atoms with E-state index in [2.05, 4.69) is 10.2 Å². The SMILES string of the molecule is COc1cccc([C@@H]2CN(C(=O)CCCc3cn[nH]c3)C[C@H]2C(=O)O)c1. The van der Waals surface area contributed by atoms with Gasteiger partial charge < -0.3 is 14.7 Å². The van der Waals surface area contributed by atoms with Gasteiger partial charge in [-0.05, 0) is 36.1 Å². The Balaban J connectivity index is 1.64. The van der Waals surface area contributed by atoms with Crippen LogP contribution in [0.25, 0.3) is 0 Å². The zero-order chi connectivity index (χ0) is 18.5. The van der Waals surface area contributed by atoms with Gasteiger partial charge in [0.05, 0.1) is 19.2 Å². The normalized spacial score (nSPS) is 19.5. The van der Waals surface area contributed by atoms with Crippen LogP contribution in [0.4, 0.5) is 0 Å². The number of methoxy groups -OCH3 is 1. The van der Waals surface area contributed by atoms with E-state index < -0.39 is 11.9 Å². The van der Waals surface area contributed by atoms with Crippen molar-refractivity contribution in [1.82, 2.24) is 15.1 Å². The molecule has 1 aromatic heterocycles. The van der Waals surface area contributed by atoms with E-state index >= 15 is 0 Å². The van der Waals surface area contributed by atoms with E-state index in [0.717, 1.165) is 24.0 Å². The molecule has 0 spiro atoms. The second kappa shape index (κ2) is 8.03. The number of ether oxygens (including phenoxy) is 1. The molecule has 7 nitrogen and oxygen atoms in total. The third kappa shape index (κ3) is 4.04. The molecule has 2 atom stereocenters. The zero-order valence-electron chi connectivity index (χ0n) is 14.7. The predicted octanol–water partition coefficient (Wildman–Crippen LogP) is 2.07. The largest absolute Gasteiger partial charge is 0.497 e. The lowest BCUT2D eigenvalue weighted by Gasteiger charge is -2.17. The van der Waals surface area contributed by atoms with Crippen LogP contribution >= 0.6 is 0 Å². The van der Waals surface area contributed by atoms with Crippen molar-refractivity contribution in [3.63, 3.8) is 0 Å². The van der Waals surface area contributed by atoms with Gasteiger partial charge in [-0.15, -0.1) is 0 Å². The summed E-state index contributed by atoms with van der Waals surface area (Å²) < 4.78 is 5.24. The summed E-state index contributed by atoms with van der Waals surface area (Å²) in [6, 6.07) is 7.43. The number of H-pyrrole nitrogens is 1. The van der Waals surface area contributed by atoms with Crippen molar-refractivity contribution in [3.05, 3.63) is 47.8 Å². The molecule has 0 saturated carbocycles. The molecule has 26 heavy (non-hydrogen) atoms. The smallest absolute Gasteiger partial charge is 0.308 e. The van der Waals surface area contributed by atoms with Crippen molar-refractivity contribution in [1.29, 1.82) is 0 Å². The number of aliphatic carboxylic acids is 1. The Hall–Kier alpha value is -2.83. The number of amides is 1. The minimum atomic E-state index is -0.869. The highest BCUT2D eigenvalue weighted by atomic mass is 16.5. The maximum Gasteiger partial charge on any atom is 0.308 e. The van der Waals surface area contributed by atoms with Crippen LogP contribution in [0.15, 0.2) is 36.7 Å². The number of nitrogens with zero attached hydrogens (tertiary/aromatic N) is 2. The maximum absolute atomic E-state index is 12.5. The lowest BCUT2D eigenvalue weighted by Crippen LogP contribution is -2.29. The minimum Gasteiger partial charge on any atom is -0.497 e. The molecule has 1 aliphatic rings. The van der Waals surface area contributed by atoms with E-state index in [1.54, 1.807) is 18.2 Å². The van der Waals surface area contributed by atoms with Crippen molar-refractivity contribution in [2.45, 2.75) is 25.2 Å². The topological polar surface area (TPSA) is 95.5 Å². The fourth-order valence-electron chi connectivity index (χ4n) is 3.48. The van der Waals surface area contributed by atoms with Crippen LogP contribution in [0.3, 0.4) is 0 Å². The van der Waals surface area contributed by atoms with Crippen LogP contribution in [0.2, 0.25) is 0 Å². The standard InChI is InChI=1S/C19H23N3O4/c1-26-15-6-3-5-14(8-15)16-11-22(12-17(16)19(24)25)18(23)7-2-4-13-9-20-21-10-13/h3,5-6,8-10,16-17H,2,4,7,11-12H2,1H3,(H,20,21)(H,24,25)/t16-,17+/m0/s1. The first-order valence-corrected chi connectivity index (χ1v) is 8.70. The van der Waals surface area contributed by atoms with Gasteiger partial charge in [-0.1, -0.05) is 12.1 Å². The Morgan fingerprint density at radius 3 is 2.92 bits per heavy atom. The second-order valence-electron chi connectivity index (χ2n) is 6.59. The number of aromatic amines is 1. The first kappa shape index (κ1) is 18.0. The molecule has 1 fully saturated rings. The van der Waals surface area contributed by atoms with E-state index in [0.29, 0.717) is 18.7 Å². The summed E-state index contributed by atoms with van der Waals surface area (Å²) in [5, 5.41) is 16.2. The molecule has 3 rings (SSSR count). The molecule has 7 heteroatoms. The average molecular weight is 357 g/mol. The summed E-state index contributed by atoms with van der Waals surface area (Å²) in [5.74, 6) is -0.992. The Bertz CT molecular complexity index is 760. The number of benzene rings is 1. The van der Waals surface area contributed by atoms with Gasteiger partial charge in [0, 0.05) is 31.6 Å². The summed E-state index contributed by atoms with van der Waals surface area (Å²) in [7, 11) is 1.58. The molecule has 138 valence electrons. The molecule has 1 amide bonds. The number of carbonyl (C=O) groups is 2. The lowest BCUT2D eigenvalue weighted by atomic mass is 9.89. The maximum atomic E-state index is 12.5. The molecule has 1 saturated heterocycles. The van der Waals surface area contributed by atoms with E-state index in [-0.39, 0.29) is 18.4 Å². The second-order valence-corrected chi connectivity index (χ2v) is 6.59. The van der Waals surface area contributed by atoms with Gasteiger partial charge in [-0.2, -0.15) is 5.10 Å². The van der Waals surface area contributed by atoms with Gasteiger partial charge >= 0.3 is 5.97 Å². The molecule has 2 N–H and O–H groups in total. The number of hydrogen-bond donors (Lipinski definition) is 2. The van der Waals surface area contributed by atoms with E-state index in [1.165, 1.54) is 0 Å². The quantitative estimate of drug-likeness (QED) is 0.791. The molecule has 0 radical (unpaired) electrons. The highest BCUT2D eigenvalue weighted by Crippen LogP contribution is 2.34. The summed E-state index contributed by atoms with van der Waals surface area (Å²) >= 11 is 0. The summed E-state index contributed by atoms with van der Waals surface area (Å²) in [5.41, 5.74) is 1.96. The number of aryl methyl sites for hydroxylation is 1. The van der Waals surface area contributed by atoms with Gasteiger partial charge in [0.2, 0.25) is 5.91 Å². The van der Waals surface area contributed by atoms with E-state index in [1.807, 2.05) is 30.5 Å². The van der Waals surface area contributed by atoms with Crippen LogP contribution < -0.4 is 4.74 Å². The Morgan fingerprint density at radius 1 is 1.38 bits per heavy atom. The average Bonchev–Trinajstić information content (AvgIpc) is 3.31. The number of carboxylic acid groups (broad SMARTS) is 1. The third-order valence-electron chi connectivity index (χ3n) is 4.92. The number of hydrogen-bond acceptors (Lipinski definition) is 4. The van der Waals surface area contributed by atoms with Crippen LogP contribution in [-0.4, -0.2) is 52.3 Å². The Kier molecular flexibility index (Phi) is 5.55. The number of aromatic nitrogens is 2. The van der Waals surface area contributed by atoms with Crippen molar-refractivity contribution in [3.8, 4) is 5.75 Å². The highest BCUT2D eigenvalue weighted by Gasteiger charge is 2.40. The molecular formula is C19H23N3O4. The predicted molar refractivity (Wildman–Crippen MR) is 95.0 cm³/mol. The van der Waals surface area contributed by atoms with Crippen molar-refractivity contribution >= 4 is 11.9 Å². The van der Waals surface area contributed by atoms with Crippen molar-refractivity contribution in [2.24, 2.45) is 5.92 Å². The first-order chi connectivity index (χ1) is 12.6. The first-order valence-electron chi connectivity index (χ1n) is 8.70. The lowest BCUT2D eigenvalue weighted by molar-refractivity contribution is -0.141.